The number of aromatic nitrogens is 1. The Morgan fingerprint density at radius 3 is 2.34 bits per heavy atom. The Labute approximate surface area is 217 Å². The molecule has 0 spiro atoms. The lowest BCUT2D eigenvalue weighted by atomic mass is 9.72. The fourth-order valence-electron chi connectivity index (χ4n) is 5.82. The number of benzene rings is 2. The zero-order chi connectivity index (χ0) is 27.5. The molecule has 2 atom stereocenters. The number of nitrogens with one attached hydrogen (secondary N) is 1. The number of allylic oxidation sites excluding steroid dienone is 1. The van der Waals surface area contributed by atoms with E-state index in [2.05, 4.69) is 31.0 Å². The standard InChI is InChI=1S/C29H30F6N2O/c1-17-26(18-11-20(28(30,31)32)13-21(12-18)29(33,34)35)38-16-37(17)15-19-14-27(2,3)9-7-22(19)23-5-4-6-25-24(23)8-10-36-25/h4-6,8,10-13,17,26,36H,7,9,14-16H2,1-3H3/t17-,26-/m0/s1. The van der Waals surface area contributed by atoms with Gasteiger partial charge >= 0.3 is 12.4 Å². The van der Waals surface area contributed by atoms with Gasteiger partial charge in [0.1, 0.15) is 6.73 Å². The summed E-state index contributed by atoms with van der Waals surface area (Å²) in [6.07, 6.45) is -6.04. The molecule has 2 aromatic carbocycles. The van der Waals surface area contributed by atoms with Crippen LogP contribution in [0.15, 0.2) is 54.2 Å². The van der Waals surface area contributed by atoms with Gasteiger partial charge in [0.05, 0.1) is 17.2 Å². The molecule has 204 valence electrons. The first-order valence-electron chi connectivity index (χ1n) is 12.7. The number of aromatic amines is 1. The molecule has 3 aromatic rings. The Bertz CT molecular complexity index is 1340. The van der Waals surface area contributed by atoms with Gasteiger partial charge in [0.25, 0.3) is 0 Å². The summed E-state index contributed by atoms with van der Waals surface area (Å²) < 4.78 is 86.5. The highest BCUT2D eigenvalue weighted by Crippen LogP contribution is 2.45. The van der Waals surface area contributed by atoms with Crippen LogP contribution in [0.1, 0.15) is 68.4 Å². The van der Waals surface area contributed by atoms with E-state index in [-0.39, 0.29) is 23.8 Å². The first-order chi connectivity index (χ1) is 17.7. The molecule has 1 fully saturated rings. The largest absolute Gasteiger partial charge is 0.416 e. The van der Waals surface area contributed by atoms with Crippen molar-refractivity contribution >= 4 is 16.5 Å². The van der Waals surface area contributed by atoms with Gasteiger partial charge in [0.15, 0.2) is 0 Å². The van der Waals surface area contributed by atoms with Crippen LogP contribution in [0.5, 0.6) is 0 Å². The molecule has 5 rings (SSSR count). The number of ether oxygens (including phenoxy) is 1. The molecule has 1 saturated heterocycles. The van der Waals surface area contributed by atoms with Crippen molar-refractivity contribution in [2.24, 2.45) is 5.41 Å². The molecule has 9 heteroatoms. The number of hydrogen-bond donors (Lipinski definition) is 1. The number of nitrogens with zero attached hydrogens (tertiary/aromatic N) is 1. The van der Waals surface area contributed by atoms with Crippen molar-refractivity contribution in [3.63, 3.8) is 0 Å². The smallest absolute Gasteiger partial charge is 0.361 e. The summed E-state index contributed by atoms with van der Waals surface area (Å²) in [5, 5.41) is 1.13. The van der Waals surface area contributed by atoms with Crippen molar-refractivity contribution in [3.05, 3.63) is 76.5 Å². The maximum atomic E-state index is 13.4. The molecule has 1 aliphatic carbocycles. The molecular formula is C29H30F6N2O. The van der Waals surface area contributed by atoms with Crippen LogP contribution in [-0.2, 0) is 17.1 Å². The molecule has 0 unspecified atom stereocenters. The summed E-state index contributed by atoms with van der Waals surface area (Å²) in [5.74, 6) is 0. The maximum absolute atomic E-state index is 13.4. The first kappa shape index (κ1) is 26.8. The van der Waals surface area contributed by atoms with E-state index in [1.54, 1.807) is 6.92 Å². The molecule has 0 bridgehead atoms. The van der Waals surface area contributed by atoms with Crippen LogP contribution in [0.25, 0.3) is 16.5 Å². The quantitative estimate of drug-likeness (QED) is 0.338. The lowest BCUT2D eigenvalue weighted by Gasteiger charge is -2.36. The van der Waals surface area contributed by atoms with Gasteiger partial charge in [-0.05, 0) is 78.6 Å². The lowest BCUT2D eigenvalue weighted by molar-refractivity contribution is -0.143. The van der Waals surface area contributed by atoms with E-state index in [1.807, 2.05) is 23.2 Å². The molecule has 2 heterocycles. The second-order valence-electron chi connectivity index (χ2n) is 11.2. The van der Waals surface area contributed by atoms with Crippen LogP contribution in [0.2, 0.25) is 0 Å². The van der Waals surface area contributed by atoms with Crippen LogP contribution in [-0.4, -0.2) is 29.2 Å². The lowest BCUT2D eigenvalue weighted by Crippen LogP contribution is -2.33. The van der Waals surface area contributed by atoms with E-state index in [0.29, 0.717) is 6.54 Å². The van der Waals surface area contributed by atoms with Crippen LogP contribution >= 0.6 is 0 Å². The summed E-state index contributed by atoms with van der Waals surface area (Å²) >= 11 is 0. The molecular weight excluding hydrogens is 506 g/mol. The van der Waals surface area contributed by atoms with Gasteiger partial charge in [-0.25, -0.2) is 0 Å². The first-order valence-corrected chi connectivity index (χ1v) is 12.7. The fraction of sp³-hybridized carbons (Fsp3) is 0.448. The summed E-state index contributed by atoms with van der Waals surface area (Å²) in [7, 11) is 0. The Balaban J connectivity index is 1.48. The summed E-state index contributed by atoms with van der Waals surface area (Å²) in [6.45, 7) is 6.88. The molecule has 0 saturated carbocycles. The predicted molar refractivity (Wildman–Crippen MR) is 134 cm³/mol. The average molecular weight is 537 g/mol. The second-order valence-corrected chi connectivity index (χ2v) is 11.2. The minimum atomic E-state index is -4.90. The molecule has 0 amide bonds. The third-order valence-corrected chi connectivity index (χ3v) is 7.86. The van der Waals surface area contributed by atoms with Gasteiger partial charge in [0.2, 0.25) is 0 Å². The third-order valence-electron chi connectivity index (χ3n) is 7.86. The van der Waals surface area contributed by atoms with Crippen molar-refractivity contribution in [2.75, 3.05) is 13.3 Å². The normalized spacial score (nSPS) is 23.0. The van der Waals surface area contributed by atoms with Gasteiger partial charge in [-0.15, -0.1) is 0 Å². The summed E-state index contributed by atoms with van der Waals surface area (Å²) in [4.78, 5) is 5.26. The Morgan fingerprint density at radius 2 is 1.68 bits per heavy atom. The number of fused-ring (bicyclic) bond motifs is 1. The van der Waals surface area contributed by atoms with Gasteiger partial charge in [-0.1, -0.05) is 31.6 Å². The molecule has 3 nitrogen and oxygen atoms in total. The Hall–Kier alpha value is -2.78. The van der Waals surface area contributed by atoms with Crippen LogP contribution in [0, 0.1) is 5.41 Å². The molecule has 1 aliphatic heterocycles. The summed E-state index contributed by atoms with van der Waals surface area (Å²) in [6, 6.07) is 9.50. The third kappa shape index (κ3) is 5.23. The molecule has 1 aromatic heterocycles. The van der Waals surface area contributed by atoms with Crippen LogP contribution in [0.3, 0.4) is 0 Å². The van der Waals surface area contributed by atoms with Crippen molar-refractivity contribution in [3.8, 4) is 0 Å². The number of H-pyrrole nitrogens is 1. The molecule has 1 N–H and O–H groups in total. The van der Waals surface area contributed by atoms with E-state index >= 15 is 0 Å². The van der Waals surface area contributed by atoms with Crippen LogP contribution < -0.4 is 0 Å². The van der Waals surface area contributed by atoms with Crippen molar-refractivity contribution < 1.29 is 31.1 Å². The van der Waals surface area contributed by atoms with Gasteiger partial charge < -0.3 is 9.72 Å². The topological polar surface area (TPSA) is 28.3 Å². The zero-order valence-corrected chi connectivity index (χ0v) is 21.4. The minimum absolute atomic E-state index is 0.0801. The molecule has 0 radical (unpaired) electrons. The highest BCUT2D eigenvalue weighted by Gasteiger charge is 2.41. The number of hydrogen-bond acceptors (Lipinski definition) is 2. The highest BCUT2D eigenvalue weighted by molar-refractivity contribution is 5.93. The molecule has 38 heavy (non-hydrogen) atoms. The minimum Gasteiger partial charge on any atom is -0.361 e. The maximum Gasteiger partial charge on any atom is 0.416 e. The van der Waals surface area contributed by atoms with Gasteiger partial charge in [-0.3, -0.25) is 4.90 Å². The second kappa shape index (κ2) is 9.45. The van der Waals surface area contributed by atoms with Crippen molar-refractivity contribution in [1.29, 1.82) is 0 Å². The van der Waals surface area contributed by atoms with Crippen molar-refractivity contribution in [1.82, 2.24) is 9.88 Å². The van der Waals surface area contributed by atoms with Crippen molar-refractivity contribution in [2.45, 2.75) is 64.5 Å². The SMILES string of the molecule is C[C@H]1[C@@H](c2cc(C(F)(F)F)cc(C(F)(F)F)c2)OCN1CC1=C(c2cccc3[nH]ccc23)CCC(C)(C)C1. The number of rotatable bonds is 4. The monoisotopic (exact) mass is 536 g/mol. The van der Waals surface area contributed by atoms with E-state index in [1.165, 1.54) is 11.1 Å². The van der Waals surface area contributed by atoms with Crippen LogP contribution in [0.4, 0.5) is 26.3 Å². The fourth-order valence-corrected chi connectivity index (χ4v) is 5.82. The van der Waals surface area contributed by atoms with E-state index in [9.17, 15) is 26.3 Å². The molecule has 2 aliphatic rings. The number of halogens is 6. The number of alkyl halides is 6. The Morgan fingerprint density at radius 1 is 1.00 bits per heavy atom. The highest BCUT2D eigenvalue weighted by atomic mass is 19.4. The zero-order valence-electron chi connectivity index (χ0n) is 21.4. The summed E-state index contributed by atoms with van der Waals surface area (Å²) in [5.41, 5.74) is 2.00. The van der Waals surface area contributed by atoms with Gasteiger partial charge in [0, 0.05) is 29.7 Å². The van der Waals surface area contributed by atoms with Gasteiger partial charge in [-0.2, -0.15) is 26.3 Å². The Kier molecular flexibility index (Phi) is 6.67. The van der Waals surface area contributed by atoms with E-state index in [4.69, 9.17) is 4.74 Å². The predicted octanol–water partition coefficient (Wildman–Crippen LogP) is 8.59. The van der Waals surface area contributed by atoms with E-state index in [0.717, 1.165) is 47.9 Å². The van der Waals surface area contributed by atoms with E-state index < -0.39 is 35.6 Å². The average Bonchev–Trinajstić information content (AvgIpc) is 3.44.